The molecule has 64 valence electrons. The lowest BCUT2D eigenvalue weighted by Gasteiger charge is -2.08. The van der Waals surface area contributed by atoms with E-state index in [1.165, 1.54) is 7.11 Å². The molecule has 6 nitrogen and oxygen atoms in total. The van der Waals surface area contributed by atoms with Crippen molar-refractivity contribution in [2.24, 2.45) is 10.9 Å². The molecule has 1 atom stereocenters. The van der Waals surface area contributed by atoms with E-state index >= 15 is 0 Å². The molecule has 1 amide bonds. The van der Waals surface area contributed by atoms with E-state index in [0.717, 1.165) is 6.21 Å². The number of hydrogen-bond acceptors (Lipinski definition) is 5. The first-order valence-corrected chi connectivity index (χ1v) is 2.83. The molecule has 0 rings (SSSR count). The van der Waals surface area contributed by atoms with Crippen LogP contribution in [0.1, 0.15) is 0 Å². The van der Waals surface area contributed by atoms with Gasteiger partial charge in [0.25, 0.3) is 0 Å². The molecule has 11 heavy (non-hydrogen) atoms. The Bertz CT molecular complexity index is 147. The maximum atomic E-state index is 10.2. The van der Waals surface area contributed by atoms with E-state index in [1.54, 1.807) is 0 Å². The SMILES string of the molecule is COCC(C=NO)OC(N)=O. The van der Waals surface area contributed by atoms with Gasteiger partial charge in [-0.3, -0.25) is 0 Å². The second kappa shape index (κ2) is 5.48. The number of methoxy groups -OCH3 is 1. The maximum absolute atomic E-state index is 10.2. The van der Waals surface area contributed by atoms with E-state index in [-0.39, 0.29) is 6.61 Å². The van der Waals surface area contributed by atoms with Crippen LogP contribution in [0, 0.1) is 0 Å². The third-order valence-electron chi connectivity index (χ3n) is 0.831. The minimum absolute atomic E-state index is 0.104. The van der Waals surface area contributed by atoms with Crippen molar-refractivity contribution >= 4 is 12.3 Å². The summed E-state index contributed by atoms with van der Waals surface area (Å²) in [6, 6.07) is 0. The summed E-state index contributed by atoms with van der Waals surface area (Å²) < 4.78 is 9.06. The van der Waals surface area contributed by atoms with Gasteiger partial charge in [-0.25, -0.2) is 4.79 Å². The fourth-order valence-corrected chi connectivity index (χ4v) is 0.495. The van der Waals surface area contributed by atoms with Crippen molar-refractivity contribution in [3.63, 3.8) is 0 Å². The number of primary amides is 1. The highest BCUT2D eigenvalue weighted by atomic mass is 16.6. The van der Waals surface area contributed by atoms with Gasteiger partial charge in [0.1, 0.15) is 0 Å². The molecule has 0 aliphatic rings. The fraction of sp³-hybridized carbons (Fsp3) is 0.600. The Kier molecular flexibility index (Phi) is 4.83. The number of nitrogens with two attached hydrogens (primary N) is 1. The quantitative estimate of drug-likeness (QED) is 0.332. The Balaban J connectivity index is 3.78. The van der Waals surface area contributed by atoms with E-state index < -0.39 is 12.2 Å². The lowest BCUT2D eigenvalue weighted by atomic mass is 10.4. The number of carbonyl (C=O) groups is 1. The van der Waals surface area contributed by atoms with E-state index in [9.17, 15) is 4.79 Å². The summed E-state index contributed by atoms with van der Waals surface area (Å²) in [5.74, 6) is 0. The summed E-state index contributed by atoms with van der Waals surface area (Å²) in [7, 11) is 1.42. The average molecular weight is 162 g/mol. The molecule has 0 spiro atoms. The molecule has 0 aromatic heterocycles. The van der Waals surface area contributed by atoms with Crippen LogP contribution in [0.2, 0.25) is 0 Å². The third-order valence-corrected chi connectivity index (χ3v) is 0.831. The van der Waals surface area contributed by atoms with Crippen LogP contribution in [-0.4, -0.2) is 37.3 Å². The van der Waals surface area contributed by atoms with Crippen LogP contribution in [-0.2, 0) is 9.47 Å². The molecule has 6 heteroatoms. The zero-order valence-corrected chi connectivity index (χ0v) is 6.06. The van der Waals surface area contributed by atoms with E-state index in [4.69, 9.17) is 10.9 Å². The normalized spacial score (nSPS) is 13.2. The summed E-state index contributed by atoms with van der Waals surface area (Å²) in [6.07, 6.45) is -0.664. The third kappa shape index (κ3) is 5.16. The molecule has 0 saturated heterocycles. The molecule has 0 aromatic rings. The molecule has 0 heterocycles. The summed E-state index contributed by atoms with van der Waals surface area (Å²) in [5.41, 5.74) is 4.69. The Hall–Kier alpha value is -1.30. The molecule has 1 unspecified atom stereocenters. The number of amides is 1. The van der Waals surface area contributed by atoms with Gasteiger partial charge in [0.05, 0.1) is 12.8 Å². The fourth-order valence-electron chi connectivity index (χ4n) is 0.495. The summed E-state index contributed by atoms with van der Waals surface area (Å²) in [6.45, 7) is 0.104. The zero-order valence-electron chi connectivity index (χ0n) is 6.06. The predicted molar refractivity (Wildman–Crippen MR) is 36.6 cm³/mol. The Morgan fingerprint density at radius 2 is 2.55 bits per heavy atom. The van der Waals surface area contributed by atoms with Crippen LogP contribution in [0.5, 0.6) is 0 Å². The van der Waals surface area contributed by atoms with Gasteiger partial charge in [-0.2, -0.15) is 0 Å². The first-order valence-electron chi connectivity index (χ1n) is 2.83. The van der Waals surface area contributed by atoms with Crippen molar-refractivity contribution in [1.29, 1.82) is 0 Å². The van der Waals surface area contributed by atoms with Gasteiger partial charge in [0.2, 0.25) is 0 Å². The predicted octanol–water partition coefficient (Wildman–Crippen LogP) is -0.443. The standard InChI is InChI=1S/C5H10N2O4/c1-10-3-4(2-7-9)11-5(6)8/h2,4,9H,3H2,1H3,(H2,6,8). The number of carbonyl (C=O) groups excluding carboxylic acids is 1. The Morgan fingerprint density at radius 1 is 1.91 bits per heavy atom. The van der Waals surface area contributed by atoms with Crippen LogP contribution in [0.25, 0.3) is 0 Å². The van der Waals surface area contributed by atoms with E-state index in [2.05, 4.69) is 14.6 Å². The van der Waals surface area contributed by atoms with Crippen molar-refractivity contribution in [3.8, 4) is 0 Å². The van der Waals surface area contributed by atoms with Crippen LogP contribution < -0.4 is 5.73 Å². The largest absolute Gasteiger partial charge is 0.438 e. The molecule has 3 N–H and O–H groups in total. The lowest BCUT2D eigenvalue weighted by molar-refractivity contribution is 0.0782. The van der Waals surface area contributed by atoms with Crippen molar-refractivity contribution in [3.05, 3.63) is 0 Å². The maximum Gasteiger partial charge on any atom is 0.405 e. The summed E-state index contributed by atoms with van der Waals surface area (Å²) >= 11 is 0. The molecular weight excluding hydrogens is 152 g/mol. The van der Waals surface area contributed by atoms with Gasteiger partial charge in [-0.05, 0) is 0 Å². The first-order chi connectivity index (χ1) is 5.20. The molecule has 0 aliphatic heterocycles. The van der Waals surface area contributed by atoms with Crippen LogP contribution in [0.4, 0.5) is 4.79 Å². The monoisotopic (exact) mass is 162 g/mol. The zero-order chi connectivity index (χ0) is 8.69. The van der Waals surface area contributed by atoms with Crippen molar-refractivity contribution < 1.29 is 19.5 Å². The van der Waals surface area contributed by atoms with Gasteiger partial charge in [-0.1, -0.05) is 5.16 Å². The van der Waals surface area contributed by atoms with Gasteiger partial charge < -0.3 is 20.4 Å². The highest BCUT2D eigenvalue weighted by Gasteiger charge is 2.08. The number of ether oxygens (including phenoxy) is 2. The smallest absolute Gasteiger partial charge is 0.405 e. The first kappa shape index (κ1) is 9.70. The Morgan fingerprint density at radius 3 is 2.91 bits per heavy atom. The van der Waals surface area contributed by atoms with Crippen LogP contribution in [0.3, 0.4) is 0 Å². The van der Waals surface area contributed by atoms with Crippen molar-refractivity contribution in [1.82, 2.24) is 0 Å². The van der Waals surface area contributed by atoms with Crippen molar-refractivity contribution in [2.45, 2.75) is 6.10 Å². The van der Waals surface area contributed by atoms with Gasteiger partial charge in [0, 0.05) is 7.11 Å². The molecule has 0 radical (unpaired) electrons. The number of oxime groups is 1. The molecule has 0 bridgehead atoms. The highest BCUT2D eigenvalue weighted by molar-refractivity contribution is 5.70. The average Bonchev–Trinajstić information content (AvgIpc) is 1.87. The second-order valence-electron chi connectivity index (χ2n) is 1.70. The lowest BCUT2D eigenvalue weighted by Crippen LogP contribution is -2.27. The topological polar surface area (TPSA) is 94.1 Å². The van der Waals surface area contributed by atoms with E-state index in [1.807, 2.05) is 0 Å². The second-order valence-corrected chi connectivity index (χ2v) is 1.70. The minimum atomic E-state index is -0.938. The van der Waals surface area contributed by atoms with Gasteiger partial charge >= 0.3 is 6.09 Å². The van der Waals surface area contributed by atoms with Crippen LogP contribution in [0.15, 0.2) is 5.16 Å². The molecule has 0 saturated carbocycles. The van der Waals surface area contributed by atoms with Gasteiger partial charge in [0.15, 0.2) is 6.10 Å². The number of rotatable bonds is 4. The molecule has 0 fully saturated rings. The number of nitrogens with zero attached hydrogens (tertiary/aromatic N) is 1. The minimum Gasteiger partial charge on any atom is -0.438 e. The number of hydrogen-bond donors (Lipinski definition) is 2. The van der Waals surface area contributed by atoms with Crippen LogP contribution >= 0.6 is 0 Å². The van der Waals surface area contributed by atoms with E-state index in [0.29, 0.717) is 0 Å². The highest BCUT2D eigenvalue weighted by Crippen LogP contribution is 1.88. The molecule has 0 aromatic carbocycles. The van der Waals surface area contributed by atoms with Gasteiger partial charge in [-0.15, -0.1) is 0 Å². The molecule has 0 aliphatic carbocycles. The van der Waals surface area contributed by atoms with Crippen molar-refractivity contribution in [2.75, 3.05) is 13.7 Å². The Labute approximate surface area is 63.6 Å². The summed E-state index contributed by atoms with van der Waals surface area (Å²) in [5, 5.41) is 10.7. The molecular formula is C5H10N2O4. The summed E-state index contributed by atoms with van der Waals surface area (Å²) in [4.78, 5) is 10.2.